The van der Waals surface area contributed by atoms with Crippen LogP contribution in [0.15, 0.2) is 18.2 Å². The van der Waals surface area contributed by atoms with Crippen LogP contribution in [0.3, 0.4) is 0 Å². The Morgan fingerprint density at radius 1 is 1.19 bits per heavy atom. The second-order valence-electron chi connectivity index (χ2n) is 5.78. The van der Waals surface area contributed by atoms with Crippen molar-refractivity contribution in [2.75, 3.05) is 31.1 Å². The average molecular weight is 291 g/mol. The van der Waals surface area contributed by atoms with E-state index in [1.54, 1.807) is 0 Å². The van der Waals surface area contributed by atoms with Crippen molar-refractivity contribution in [1.29, 1.82) is 0 Å². The molecule has 0 N–H and O–H groups in total. The Balaban J connectivity index is 1.89. The third-order valence-electron chi connectivity index (χ3n) is 3.61. The van der Waals surface area contributed by atoms with Gasteiger partial charge in [0.25, 0.3) is 5.91 Å². The first-order chi connectivity index (χ1) is 9.97. The van der Waals surface area contributed by atoms with Crippen molar-refractivity contribution in [1.82, 2.24) is 9.88 Å². The summed E-state index contributed by atoms with van der Waals surface area (Å²) < 4.78 is 5.58. The zero-order valence-corrected chi connectivity index (χ0v) is 13.4. The molecule has 1 atom stereocenters. The summed E-state index contributed by atoms with van der Waals surface area (Å²) in [5, 5.41) is 0. The molecule has 0 aliphatic carbocycles. The topological polar surface area (TPSA) is 45.7 Å². The normalized spacial score (nSPS) is 17.2. The Morgan fingerprint density at radius 2 is 1.86 bits per heavy atom. The standard InChI is InChI=1S/C16H25N3O2/c1-12(2)21-14(4)16(20)19-10-8-18(9-11-19)15-7-5-6-13(3)17-15/h5-7,12,14H,8-11H2,1-4H3/t14-/m1/s1. The van der Waals surface area contributed by atoms with Gasteiger partial charge in [-0.05, 0) is 39.8 Å². The van der Waals surface area contributed by atoms with Gasteiger partial charge in [-0.1, -0.05) is 6.07 Å². The fourth-order valence-electron chi connectivity index (χ4n) is 2.58. The first-order valence-electron chi connectivity index (χ1n) is 7.60. The molecule has 5 nitrogen and oxygen atoms in total. The minimum absolute atomic E-state index is 0.0710. The summed E-state index contributed by atoms with van der Waals surface area (Å²) in [7, 11) is 0. The van der Waals surface area contributed by atoms with Crippen LogP contribution in [0.25, 0.3) is 0 Å². The van der Waals surface area contributed by atoms with E-state index in [1.807, 2.05) is 50.8 Å². The fourth-order valence-corrected chi connectivity index (χ4v) is 2.58. The molecule has 1 aromatic heterocycles. The highest BCUT2D eigenvalue weighted by atomic mass is 16.5. The minimum Gasteiger partial charge on any atom is -0.366 e. The molecular formula is C16H25N3O2. The summed E-state index contributed by atoms with van der Waals surface area (Å²) in [4.78, 5) is 21.0. The van der Waals surface area contributed by atoms with Gasteiger partial charge >= 0.3 is 0 Å². The Labute approximate surface area is 126 Å². The van der Waals surface area contributed by atoms with Gasteiger partial charge in [0.05, 0.1) is 6.10 Å². The first-order valence-corrected chi connectivity index (χ1v) is 7.60. The maximum atomic E-state index is 12.3. The molecule has 5 heteroatoms. The van der Waals surface area contributed by atoms with Gasteiger partial charge in [0.1, 0.15) is 11.9 Å². The van der Waals surface area contributed by atoms with Crippen LogP contribution in [-0.2, 0) is 9.53 Å². The van der Waals surface area contributed by atoms with E-state index in [-0.39, 0.29) is 18.1 Å². The van der Waals surface area contributed by atoms with Gasteiger partial charge < -0.3 is 14.5 Å². The average Bonchev–Trinajstić information content (AvgIpc) is 2.46. The number of carbonyl (C=O) groups is 1. The number of rotatable bonds is 4. The molecule has 1 aromatic rings. The van der Waals surface area contributed by atoms with Crippen LogP contribution in [0, 0.1) is 6.92 Å². The van der Waals surface area contributed by atoms with Crippen molar-refractivity contribution in [3.8, 4) is 0 Å². The zero-order valence-electron chi connectivity index (χ0n) is 13.4. The predicted molar refractivity (Wildman–Crippen MR) is 83.5 cm³/mol. The van der Waals surface area contributed by atoms with Crippen molar-refractivity contribution in [2.45, 2.75) is 39.9 Å². The molecule has 116 valence electrons. The molecule has 1 amide bonds. The summed E-state index contributed by atoms with van der Waals surface area (Å²) in [6, 6.07) is 6.04. The molecular weight excluding hydrogens is 266 g/mol. The van der Waals surface area contributed by atoms with Crippen LogP contribution < -0.4 is 4.90 Å². The number of nitrogens with zero attached hydrogens (tertiary/aromatic N) is 3. The van der Waals surface area contributed by atoms with Crippen LogP contribution >= 0.6 is 0 Å². The lowest BCUT2D eigenvalue weighted by Gasteiger charge is -2.36. The summed E-state index contributed by atoms with van der Waals surface area (Å²) >= 11 is 0. The van der Waals surface area contributed by atoms with Crippen LogP contribution in [0.5, 0.6) is 0 Å². The minimum atomic E-state index is -0.367. The Hall–Kier alpha value is -1.62. The fraction of sp³-hybridized carbons (Fsp3) is 0.625. The van der Waals surface area contributed by atoms with Gasteiger partial charge in [-0.3, -0.25) is 4.79 Å². The molecule has 2 heterocycles. The Bertz CT molecular complexity index is 482. The lowest BCUT2D eigenvalue weighted by atomic mass is 10.2. The van der Waals surface area contributed by atoms with E-state index in [0.717, 1.165) is 37.7 Å². The number of piperazine rings is 1. The molecule has 1 aliphatic heterocycles. The molecule has 1 fully saturated rings. The Morgan fingerprint density at radius 3 is 2.43 bits per heavy atom. The van der Waals surface area contributed by atoms with E-state index < -0.39 is 0 Å². The molecule has 0 aromatic carbocycles. The van der Waals surface area contributed by atoms with Crippen molar-refractivity contribution in [2.24, 2.45) is 0 Å². The highest BCUT2D eigenvalue weighted by Crippen LogP contribution is 2.15. The number of hydrogen-bond acceptors (Lipinski definition) is 4. The van der Waals surface area contributed by atoms with Gasteiger partial charge in [-0.15, -0.1) is 0 Å². The summed E-state index contributed by atoms with van der Waals surface area (Å²) in [6.07, 6.45) is -0.296. The number of ether oxygens (including phenoxy) is 1. The smallest absolute Gasteiger partial charge is 0.251 e. The number of hydrogen-bond donors (Lipinski definition) is 0. The van der Waals surface area contributed by atoms with Crippen LogP contribution in [0.2, 0.25) is 0 Å². The molecule has 1 saturated heterocycles. The molecule has 0 radical (unpaired) electrons. The Kier molecular flexibility index (Phi) is 5.17. The molecule has 0 saturated carbocycles. The zero-order chi connectivity index (χ0) is 15.4. The SMILES string of the molecule is Cc1cccc(N2CCN(C(=O)[C@@H](C)OC(C)C)CC2)n1. The highest BCUT2D eigenvalue weighted by molar-refractivity contribution is 5.80. The van der Waals surface area contributed by atoms with Crippen molar-refractivity contribution in [3.63, 3.8) is 0 Å². The quantitative estimate of drug-likeness (QED) is 0.849. The van der Waals surface area contributed by atoms with E-state index in [9.17, 15) is 4.79 Å². The largest absolute Gasteiger partial charge is 0.366 e. The number of carbonyl (C=O) groups excluding carboxylic acids is 1. The molecule has 21 heavy (non-hydrogen) atoms. The maximum absolute atomic E-state index is 12.3. The van der Waals surface area contributed by atoms with E-state index in [4.69, 9.17) is 4.74 Å². The van der Waals surface area contributed by atoms with Crippen molar-refractivity contribution < 1.29 is 9.53 Å². The van der Waals surface area contributed by atoms with Gasteiger partial charge in [0.15, 0.2) is 0 Å². The molecule has 1 aliphatic rings. The van der Waals surface area contributed by atoms with E-state index in [2.05, 4.69) is 9.88 Å². The summed E-state index contributed by atoms with van der Waals surface area (Å²) in [6.45, 7) is 10.8. The summed E-state index contributed by atoms with van der Waals surface area (Å²) in [5.74, 6) is 1.08. The molecule has 0 spiro atoms. The van der Waals surface area contributed by atoms with Gasteiger partial charge in [0, 0.05) is 31.9 Å². The van der Waals surface area contributed by atoms with Gasteiger partial charge in [0.2, 0.25) is 0 Å². The van der Waals surface area contributed by atoms with E-state index >= 15 is 0 Å². The van der Waals surface area contributed by atoms with Gasteiger partial charge in [-0.25, -0.2) is 4.98 Å². The highest BCUT2D eigenvalue weighted by Gasteiger charge is 2.26. The second kappa shape index (κ2) is 6.89. The molecule has 2 rings (SSSR count). The third-order valence-corrected chi connectivity index (χ3v) is 3.61. The monoisotopic (exact) mass is 291 g/mol. The number of anilines is 1. The van der Waals surface area contributed by atoms with E-state index in [1.165, 1.54) is 0 Å². The lowest BCUT2D eigenvalue weighted by Crippen LogP contribution is -2.51. The summed E-state index contributed by atoms with van der Waals surface area (Å²) in [5.41, 5.74) is 1.02. The predicted octanol–water partition coefficient (Wildman–Crippen LogP) is 1.85. The number of aryl methyl sites for hydroxylation is 1. The van der Waals surface area contributed by atoms with Crippen LogP contribution in [0.4, 0.5) is 5.82 Å². The first kappa shape index (κ1) is 15.8. The number of pyridine rings is 1. The second-order valence-corrected chi connectivity index (χ2v) is 5.78. The van der Waals surface area contributed by atoms with Crippen molar-refractivity contribution >= 4 is 11.7 Å². The number of aromatic nitrogens is 1. The van der Waals surface area contributed by atoms with Crippen LogP contribution in [0.1, 0.15) is 26.5 Å². The lowest BCUT2D eigenvalue weighted by molar-refractivity contribution is -0.145. The van der Waals surface area contributed by atoms with Crippen molar-refractivity contribution in [3.05, 3.63) is 23.9 Å². The van der Waals surface area contributed by atoms with Crippen LogP contribution in [-0.4, -0.2) is 54.2 Å². The van der Waals surface area contributed by atoms with Gasteiger partial charge in [-0.2, -0.15) is 0 Å². The molecule has 0 unspecified atom stereocenters. The molecule has 0 bridgehead atoms. The number of amides is 1. The third kappa shape index (κ3) is 4.17. The maximum Gasteiger partial charge on any atom is 0.251 e. The van der Waals surface area contributed by atoms with E-state index in [0.29, 0.717) is 0 Å².